The Morgan fingerprint density at radius 1 is 1.17 bits per heavy atom. The van der Waals surface area contributed by atoms with Gasteiger partial charge < -0.3 is 9.15 Å². The van der Waals surface area contributed by atoms with E-state index in [0.29, 0.717) is 31.2 Å². The number of halogens is 2. The lowest BCUT2D eigenvalue weighted by Crippen LogP contribution is -2.11. The third kappa shape index (κ3) is 3.16. The minimum atomic E-state index is -0.512. The van der Waals surface area contributed by atoms with Gasteiger partial charge in [0.1, 0.15) is 5.58 Å². The molecular weight excluding hydrogens is 440 g/mol. The van der Waals surface area contributed by atoms with Crippen LogP contribution in [0.3, 0.4) is 0 Å². The number of esters is 1. The molecule has 6 heteroatoms. The van der Waals surface area contributed by atoms with Gasteiger partial charge in [-0.1, -0.05) is 50.1 Å². The van der Waals surface area contributed by atoms with E-state index in [2.05, 4.69) is 31.9 Å². The van der Waals surface area contributed by atoms with Crippen molar-refractivity contribution in [2.24, 2.45) is 0 Å². The fourth-order valence-electron chi connectivity index (χ4n) is 2.45. The molecule has 0 aliphatic heterocycles. The monoisotopic (exact) mass is 450 g/mol. The summed E-state index contributed by atoms with van der Waals surface area (Å²) in [6.07, 6.45) is 0. The van der Waals surface area contributed by atoms with E-state index in [-0.39, 0.29) is 6.61 Å². The molecule has 0 atom stereocenters. The van der Waals surface area contributed by atoms with Crippen LogP contribution in [0.1, 0.15) is 17.3 Å². The number of ether oxygens (including phenoxy) is 1. The molecule has 122 valence electrons. The van der Waals surface area contributed by atoms with E-state index in [1.54, 1.807) is 37.3 Å². The number of hydrogen-bond acceptors (Lipinski definition) is 4. The summed E-state index contributed by atoms with van der Waals surface area (Å²) in [5.41, 5.74) is 1.03. The number of hydrogen-bond donors (Lipinski definition) is 0. The van der Waals surface area contributed by atoms with E-state index in [0.717, 1.165) is 5.39 Å². The van der Waals surface area contributed by atoms with Crippen molar-refractivity contribution in [1.82, 2.24) is 0 Å². The van der Waals surface area contributed by atoms with Crippen LogP contribution in [0.5, 0.6) is 0 Å². The molecule has 3 rings (SSSR count). The van der Waals surface area contributed by atoms with Crippen molar-refractivity contribution in [1.29, 1.82) is 0 Å². The van der Waals surface area contributed by atoms with Crippen LogP contribution in [0, 0.1) is 0 Å². The van der Waals surface area contributed by atoms with Crippen molar-refractivity contribution in [2.45, 2.75) is 6.92 Å². The number of carbonyl (C=O) groups excluding carboxylic acids is 1. The lowest BCUT2D eigenvalue weighted by Gasteiger charge is -2.12. The van der Waals surface area contributed by atoms with Crippen molar-refractivity contribution in [3.05, 3.63) is 67.4 Å². The molecule has 24 heavy (non-hydrogen) atoms. The van der Waals surface area contributed by atoms with Gasteiger partial charge in [0.2, 0.25) is 0 Å². The summed E-state index contributed by atoms with van der Waals surface area (Å²) in [5.74, 6) is -0.498. The van der Waals surface area contributed by atoms with Gasteiger partial charge in [-0.25, -0.2) is 9.59 Å². The van der Waals surface area contributed by atoms with Gasteiger partial charge in [0.25, 0.3) is 0 Å². The Morgan fingerprint density at radius 3 is 2.67 bits per heavy atom. The first-order valence-electron chi connectivity index (χ1n) is 7.20. The summed E-state index contributed by atoms with van der Waals surface area (Å²) in [7, 11) is 0. The van der Waals surface area contributed by atoms with Gasteiger partial charge >= 0.3 is 11.6 Å². The zero-order valence-corrected chi connectivity index (χ0v) is 15.8. The molecule has 0 amide bonds. The second-order valence-electron chi connectivity index (χ2n) is 5.02. The minimum absolute atomic E-state index is 0.245. The van der Waals surface area contributed by atoms with Gasteiger partial charge in [0, 0.05) is 19.9 Å². The van der Waals surface area contributed by atoms with Crippen molar-refractivity contribution in [3.63, 3.8) is 0 Å². The topological polar surface area (TPSA) is 56.5 Å². The highest BCUT2D eigenvalue weighted by molar-refractivity contribution is 9.11. The third-order valence-corrected chi connectivity index (χ3v) is 4.54. The lowest BCUT2D eigenvalue weighted by atomic mass is 10.00. The molecule has 1 heterocycles. The van der Waals surface area contributed by atoms with E-state index < -0.39 is 11.6 Å². The number of benzene rings is 2. The van der Waals surface area contributed by atoms with Crippen LogP contribution in [0.15, 0.2) is 60.6 Å². The maximum Gasteiger partial charge on any atom is 0.344 e. The summed E-state index contributed by atoms with van der Waals surface area (Å²) in [5, 5.41) is 0.775. The highest BCUT2D eigenvalue weighted by Crippen LogP contribution is 2.34. The number of carbonyl (C=O) groups is 1. The van der Waals surface area contributed by atoms with Gasteiger partial charge in [-0.15, -0.1) is 0 Å². The predicted octanol–water partition coefficient (Wildman–Crippen LogP) is 5.16. The second kappa shape index (κ2) is 6.91. The van der Waals surface area contributed by atoms with Crippen molar-refractivity contribution in [2.75, 3.05) is 6.61 Å². The fourth-order valence-corrected chi connectivity index (χ4v) is 3.89. The number of rotatable bonds is 3. The quantitative estimate of drug-likeness (QED) is 0.407. The molecule has 0 bridgehead atoms. The van der Waals surface area contributed by atoms with E-state index >= 15 is 0 Å². The van der Waals surface area contributed by atoms with E-state index in [4.69, 9.17) is 9.15 Å². The van der Waals surface area contributed by atoms with E-state index in [9.17, 15) is 9.59 Å². The molecule has 0 saturated carbocycles. The highest BCUT2D eigenvalue weighted by atomic mass is 79.9. The highest BCUT2D eigenvalue weighted by Gasteiger charge is 2.21. The largest absolute Gasteiger partial charge is 0.462 e. The summed E-state index contributed by atoms with van der Waals surface area (Å²) in [6, 6.07) is 12.3. The molecule has 2 aromatic carbocycles. The maximum absolute atomic E-state index is 12.5. The zero-order valence-electron chi connectivity index (χ0n) is 12.6. The van der Waals surface area contributed by atoms with E-state index in [1.165, 1.54) is 0 Å². The molecule has 0 fully saturated rings. The molecular formula is C18H12Br2O4. The molecule has 3 aromatic rings. The Morgan fingerprint density at radius 2 is 1.92 bits per heavy atom. The Labute approximate surface area is 154 Å². The summed E-state index contributed by atoms with van der Waals surface area (Å²) >= 11 is 6.79. The Bertz CT molecular complexity index is 992. The van der Waals surface area contributed by atoms with Gasteiger partial charge in [-0.2, -0.15) is 0 Å². The minimum Gasteiger partial charge on any atom is -0.462 e. The van der Waals surface area contributed by atoms with Gasteiger partial charge in [-0.3, -0.25) is 0 Å². The van der Waals surface area contributed by atoms with Crippen molar-refractivity contribution < 1.29 is 13.9 Å². The summed E-state index contributed by atoms with van der Waals surface area (Å²) < 4.78 is 11.8. The van der Waals surface area contributed by atoms with E-state index in [1.807, 2.05) is 12.1 Å². The number of para-hydroxylation sites is 1. The average Bonchev–Trinajstić information content (AvgIpc) is 2.54. The molecule has 0 spiro atoms. The third-order valence-electron chi connectivity index (χ3n) is 3.46. The van der Waals surface area contributed by atoms with Crippen LogP contribution < -0.4 is 5.63 Å². The molecule has 4 nitrogen and oxygen atoms in total. The van der Waals surface area contributed by atoms with Crippen molar-refractivity contribution >= 4 is 48.8 Å². The standard InChI is InChI=1S/C18H12Br2O4/c1-2-23-17(21)13-8-11(19)9-14(20)16(13)12-7-10-5-3-4-6-15(10)24-18(12)22/h3-9H,2H2,1H3. The van der Waals surface area contributed by atoms with Gasteiger partial charge in [-0.05, 0) is 31.2 Å². The van der Waals surface area contributed by atoms with Gasteiger partial charge in [0.15, 0.2) is 0 Å². The van der Waals surface area contributed by atoms with Crippen LogP contribution in [-0.4, -0.2) is 12.6 Å². The molecule has 0 aliphatic carbocycles. The smallest absolute Gasteiger partial charge is 0.344 e. The van der Waals surface area contributed by atoms with Crippen LogP contribution in [0.2, 0.25) is 0 Å². The Kier molecular flexibility index (Phi) is 4.87. The van der Waals surface area contributed by atoms with Crippen LogP contribution in [-0.2, 0) is 4.74 Å². The predicted molar refractivity (Wildman–Crippen MR) is 99.3 cm³/mol. The molecule has 0 saturated heterocycles. The molecule has 0 N–H and O–H groups in total. The zero-order chi connectivity index (χ0) is 17.3. The fraction of sp³-hybridized carbons (Fsp3) is 0.111. The molecule has 0 radical (unpaired) electrons. The van der Waals surface area contributed by atoms with Gasteiger partial charge in [0.05, 0.1) is 17.7 Å². The average molecular weight is 452 g/mol. The maximum atomic E-state index is 12.5. The first kappa shape index (κ1) is 16.9. The summed E-state index contributed by atoms with van der Waals surface area (Å²) in [6.45, 7) is 1.98. The Balaban J connectivity index is 2.31. The van der Waals surface area contributed by atoms with Crippen LogP contribution in [0.4, 0.5) is 0 Å². The molecule has 0 aliphatic rings. The first-order chi connectivity index (χ1) is 11.5. The lowest BCUT2D eigenvalue weighted by molar-refractivity contribution is 0.0527. The van der Waals surface area contributed by atoms with Crippen LogP contribution >= 0.6 is 31.9 Å². The first-order valence-corrected chi connectivity index (χ1v) is 8.79. The SMILES string of the molecule is CCOC(=O)c1cc(Br)cc(Br)c1-c1cc2ccccc2oc1=O. The summed E-state index contributed by atoms with van der Waals surface area (Å²) in [4.78, 5) is 24.8. The second-order valence-corrected chi connectivity index (χ2v) is 6.79. The molecule has 0 unspecified atom stereocenters. The molecule has 1 aromatic heterocycles. The normalized spacial score (nSPS) is 10.8. The Hall–Kier alpha value is -1.92. The van der Waals surface area contributed by atoms with Crippen LogP contribution in [0.25, 0.3) is 22.1 Å². The number of fused-ring (bicyclic) bond motifs is 1. The van der Waals surface area contributed by atoms with Crippen molar-refractivity contribution in [3.8, 4) is 11.1 Å².